The van der Waals surface area contributed by atoms with Crippen molar-refractivity contribution in [3.63, 3.8) is 0 Å². The van der Waals surface area contributed by atoms with Crippen molar-refractivity contribution in [3.8, 4) is 5.75 Å². The van der Waals surface area contributed by atoms with E-state index in [1.54, 1.807) is 7.11 Å². The predicted molar refractivity (Wildman–Crippen MR) is 119 cm³/mol. The van der Waals surface area contributed by atoms with Gasteiger partial charge >= 0.3 is 0 Å². The summed E-state index contributed by atoms with van der Waals surface area (Å²) < 4.78 is 21.7. The van der Waals surface area contributed by atoms with Crippen molar-refractivity contribution in [2.45, 2.75) is 57.7 Å². The number of amides is 1. The SMILES string of the molecule is COCCOCC(C)OCC(=O)NCCC(O)c1cccc(OCC2CCCCC2)c1. The number of aliphatic hydroxyl groups excluding tert-OH is 1. The molecule has 0 bridgehead atoms. The summed E-state index contributed by atoms with van der Waals surface area (Å²) in [5, 5.41) is 13.3. The van der Waals surface area contributed by atoms with Crippen LogP contribution in [-0.2, 0) is 19.0 Å². The first-order chi connectivity index (χ1) is 15.1. The third-order valence-corrected chi connectivity index (χ3v) is 5.48. The van der Waals surface area contributed by atoms with Crippen LogP contribution in [0.25, 0.3) is 0 Å². The monoisotopic (exact) mass is 437 g/mol. The van der Waals surface area contributed by atoms with Crippen molar-refractivity contribution in [3.05, 3.63) is 29.8 Å². The minimum atomic E-state index is -0.660. The second-order valence-electron chi connectivity index (χ2n) is 8.23. The molecule has 31 heavy (non-hydrogen) atoms. The Morgan fingerprint density at radius 3 is 2.81 bits per heavy atom. The fourth-order valence-corrected chi connectivity index (χ4v) is 3.60. The highest BCUT2D eigenvalue weighted by Gasteiger charge is 2.15. The Bertz CT molecular complexity index is 620. The second kappa shape index (κ2) is 15.2. The summed E-state index contributed by atoms with van der Waals surface area (Å²) in [4.78, 5) is 11.9. The lowest BCUT2D eigenvalue weighted by atomic mass is 9.90. The van der Waals surface area contributed by atoms with Crippen molar-refractivity contribution in [1.82, 2.24) is 5.32 Å². The maximum Gasteiger partial charge on any atom is 0.246 e. The summed E-state index contributed by atoms with van der Waals surface area (Å²) in [7, 11) is 1.62. The molecular weight excluding hydrogens is 398 g/mol. The molecule has 1 fully saturated rings. The maximum atomic E-state index is 11.9. The molecule has 0 aromatic heterocycles. The summed E-state index contributed by atoms with van der Waals surface area (Å²) >= 11 is 0. The average molecular weight is 438 g/mol. The highest BCUT2D eigenvalue weighted by atomic mass is 16.5. The van der Waals surface area contributed by atoms with Crippen molar-refractivity contribution in [2.24, 2.45) is 5.92 Å². The first kappa shape index (κ1) is 25.6. The van der Waals surface area contributed by atoms with Gasteiger partial charge in [0, 0.05) is 13.7 Å². The van der Waals surface area contributed by atoms with Gasteiger partial charge in [-0.2, -0.15) is 0 Å². The van der Waals surface area contributed by atoms with Crippen LogP contribution in [0.5, 0.6) is 5.75 Å². The lowest BCUT2D eigenvalue weighted by Gasteiger charge is -2.22. The molecule has 176 valence electrons. The molecule has 1 aromatic rings. The molecule has 0 radical (unpaired) electrons. The van der Waals surface area contributed by atoms with E-state index in [1.807, 2.05) is 31.2 Å². The number of ether oxygens (including phenoxy) is 4. The molecule has 1 aliphatic rings. The fraction of sp³-hybridized carbons (Fsp3) is 0.708. The molecule has 2 N–H and O–H groups in total. The Morgan fingerprint density at radius 2 is 2.03 bits per heavy atom. The van der Waals surface area contributed by atoms with Gasteiger partial charge in [-0.15, -0.1) is 0 Å². The van der Waals surface area contributed by atoms with Crippen LogP contribution in [0.15, 0.2) is 24.3 Å². The molecule has 1 saturated carbocycles. The summed E-state index contributed by atoms with van der Waals surface area (Å²) in [6.45, 7) is 4.38. The van der Waals surface area contributed by atoms with Crippen LogP contribution in [0.4, 0.5) is 0 Å². The summed E-state index contributed by atoms with van der Waals surface area (Å²) in [6.07, 6.45) is 6.00. The molecule has 7 nitrogen and oxygen atoms in total. The molecule has 1 aliphatic carbocycles. The second-order valence-corrected chi connectivity index (χ2v) is 8.23. The van der Waals surface area contributed by atoms with Gasteiger partial charge in [-0.3, -0.25) is 4.79 Å². The lowest BCUT2D eigenvalue weighted by Crippen LogP contribution is -2.31. The maximum absolute atomic E-state index is 11.9. The number of carbonyl (C=O) groups is 1. The number of hydrogen-bond acceptors (Lipinski definition) is 6. The Morgan fingerprint density at radius 1 is 1.23 bits per heavy atom. The number of benzene rings is 1. The van der Waals surface area contributed by atoms with Crippen LogP contribution in [0.3, 0.4) is 0 Å². The molecule has 2 atom stereocenters. The van der Waals surface area contributed by atoms with Gasteiger partial charge in [0.15, 0.2) is 0 Å². The van der Waals surface area contributed by atoms with Crippen LogP contribution in [-0.4, -0.2) is 63.8 Å². The van der Waals surface area contributed by atoms with Gasteiger partial charge in [0.2, 0.25) is 5.91 Å². The Hall–Kier alpha value is -1.67. The van der Waals surface area contributed by atoms with E-state index >= 15 is 0 Å². The van der Waals surface area contributed by atoms with E-state index in [1.165, 1.54) is 32.1 Å². The van der Waals surface area contributed by atoms with Gasteiger partial charge in [0.1, 0.15) is 12.4 Å². The van der Waals surface area contributed by atoms with E-state index in [9.17, 15) is 9.90 Å². The van der Waals surface area contributed by atoms with E-state index in [0.29, 0.717) is 38.7 Å². The number of nitrogens with one attached hydrogen (secondary N) is 1. The van der Waals surface area contributed by atoms with Gasteiger partial charge in [-0.1, -0.05) is 31.4 Å². The van der Waals surface area contributed by atoms with Crippen LogP contribution in [0.1, 0.15) is 57.1 Å². The molecule has 0 spiro atoms. The quantitative estimate of drug-likeness (QED) is 0.410. The summed E-state index contributed by atoms with van der Waals surface area (Å²) in [5.74, 6) is 1.22. The highest BCUT2D eigenvalue weighted by molar-refractivity contribution is 5.77. The van der Waals surface area contributed by atoms with E-state index in [4.69, 9.17) is 18.9 Å². The number of rotatable bonds is 15. The van der Waals surface area contributed by atoms with E-state index in [2.05, 4.69) is 5.32 Å². The number of carbonyl (C=O) groups excluding carboxylic acids is 1. The summed E-state index contributed by atoms with van der Waals surface area (Å²) in [5.41, 5.74) is 0.800. The van der Waals surface area contributed by atoms with Crippen molar-refractivity contribution in [1.29, 1.82) is 0 Å². The number of methoxy groups -OCH3 is 1. The number of hydrogen-bond donors (Lipinski definition) is 2. The first-order valence-corrected chi connectivity index (χ1v) is 11.4. The molecular formula is C24H39NO6. The molecule has 0 saturated heterocycles. The van der Waals surface area contributed by atoms with Crippen LogP contribution >= 0.6 is 0 Å². The smallest absolute Gasteiger partial charge is 0.246 e. The topological polar surface area (TPSA) is 86.3 Å². The molecule has 1 aromatic carbocycles. The largest absolute Gasteiger partial charge is 0.493 e. The van der Waals surface area contributed by atoms with Gasteiger partial charge in [0.25, 0.3) is 0 Å². The number of aliphatic hydroxyl groups is 1. The van der Waals surface area contributed by atoms with Crippen LogP contribution < -0.4 is 10.1 Å². The fourth-order valence-electron chi connectivity index (χ4n) is 3.60. The van der Waals surface area contributed by atoms with Crippen molar-refractivity contribution < 1.29 is 28.8 Å². The normalized spacial score (nSPS) is 16.6. The standard InChI is InChI=1S/C24H39NO6/c1-19(16-29-14-13-28-2)30-18-24(27)25-12-11-23(26)21-9-6-10-22(15-21)31-17-20-7-4-3-5-8-20/h6,9-10,15,19-20,23,26H,3-5,7-8,11-14,16-18H2,1-2H3,(H,25,27). The minimum Gasteiger partial charge on any atom is -0.493 e. The zero-order valence-corrected chi connectivity index (χ0v) is 19.0. The molecule has 2 rings (SSSR count). The zero-order chi connectivity index (χ0) is 22.3. The Kier molecular flexibility index (Phi) is 12.5. The van der Waals surface area contributed by atoms with Crippen molar-refractivity contribution in [2.75, 3.05) is 46.7 Å². The van der Waals surface area contributed by atoms with E-state index in [0.717, 1.165) is 17.9 Å². The summed E-state index contributed by atoms with van der Waals surface area (Å²) in [6, 6.07) is 7.60. The van der Waals surface area contributed by atoms with Gasteiger partial charge in [0.05, 0.1) is 38.6 Å². The molecule has 2 unspecified atom stereocenters. The predicted octanol–water partition coefficient (Wildman–Crippen LogP) is 3.25. The molecule has 1 amide bonds. The molecule has 7 heteroatoms. The third kappa shape index (κ3) is 11.0. The third-order valence-electron chi connectivity index (χ3n) is 5.48. The first-order valence-electron chi connectivity index (χ1n) is 11.4. The lowest BCUT2D eigenvalue weighted by molar-refractivity contribution is -0.128. The van der Waals surface area contributed by atoms with Gasteiger partial charge < -0.3 is 29.4 Å². The Labute approximate surface area is 186 Å². The minimum absolute atomic E-state index is 0.0323. The van der Waals surface area contributed by atoms with E-state index in [-0.39, 0.29) is 18.6 Å². The van der Waals surface area contributed by atoms with Gasteiger partial charge in [-0.25, -0.2) is 0 Å². The van der Waals surface area contributed by atoms with Crippen LogP contribution in [0, 0.1) is 5.92 Å². The molecule has 0 aliphatic heterocycles. The average Bonchev–Trinajstić information content (AvgIpc) is 2.80. The zero-order valence-electron chi connectivity index (χ0n) is 19.0. The van der Waals surface area contributed by atoms with Crippen molar-refractivity contribution >= 4 is 5.91 Å². The molecule has 0 heterocycles. The van der Waals surface area contributed by atoms with Gasteiger partial charge in [-0.05, 0) is 49.8 Å². The van der Waals surface area contributed by atoms with Crippen LogP contribution in [0.2, 0.25) is 0 Å². The Balaban J connectivity index is 1.61. The highest BCUT2D eigenvalue weighted by Crippen LogP contribution is 2.26. The van der Waals surface area contributed by atoms with E-state index < -0.39 is 6.10 Å².